The van der Waals surface area contributed by atoms with Crippen LogP contribution in [-0.2, 0) is 9.47 Å². The van der Waals surface area contributed by atoms with E-state index in [0.717, 1.165) is 10.8 Å². The molecule has 1 N–H and O–H groups in total. The summed E-state index contributed by atoms with van der Waals surface area (Å²) in [5.41, 5.74) is 0.542. The smallest absolute Gasteiger partial charge is 0.496 e. The summed E-state index contributed by atoms with van der Waals surface area (Å²) in [5, 5.41) is 18.1. The van der Waals surface area contributed by atoms with Gasteiger partial charge >= 0.3 is 12.2 Å². The number of carbonyl (C=O) groups is 2. The van der Waals surface area contributed by atoms with Crippen LogP contribution in [0.5, 0.6) is 5.75 Å². The van der Waals surface area contributed by atoms with Crippen LogP contribution in [0.4, 0.5) is 15.4 Å². The van der Waals surface area contributed by atoms with Crippen LogP contribution in [-0.4, -0.2) is 39.6 Å². The summed E-state index contributed by atoms with van der Waals surface area (Å²) >= 11 is 0. The highest BCUT2D eigenvalue weighted by atomic mass is 16.8. The SMILES string of the molecule is COc1ccc2ccccc2c1-c1cnc2c(C#N)cnn2c1NC(=O)OC(=O)OC(C)(C)CC(C)(C)C. The second kappa shape index (κ2) is 10.0. The summed E-state index contributed by atoms with van der Waals surface area (Å²) < 4.78 is 17.3. The Balaban J connectivity index is 1.75. The van der Waals surface area contributed by atoms with Crippen LogP contribution in [0.15, 0.2) is 48.8 Å². The molecule has 0 saturated heterocycles. The van der Waals surface area contributed by atoms with Gasteiger partial charge in [0.2, 0.25) is 0 Å². The van der Waals surface area contributed by atoms with Gasteiger partial charge in [0.1, 0.15) is 28.8 Å². The summed E-state index contributed by atoms with van der Waals surface area (Å²) in [6.45, 7) is 9.57. The van der Waals surface area contributed by atoms with Gasteiger partial charge in [0.25, 0.3) is 0 Å². The molecular weight excluding hydrogens is 486 g/mol. The second-order valence-electron chi connectivity index (χ2n) is 10.7. The number of nitriles is 1. The molecule has 4 rings (SSSR count). The Morgan fingerprint density at radius 1 is 1.08 bits per heavy atom. The van der Waals surface area contributed by atoms with Gasteiger partial charge < -0.3 is 14.2 Å². The quantitative estimate of drug-likeness (QED) is 0.241. The third-order valence-corrected chi connectivity index (χ3v) is 5.74. The highest BCUT2D eigenvalue weighted by molar-refractivity contribution is 6.04. The molecule has 2 aromatic heterocycles. The van der Waals surface area contributed by atoms with Gasteiger partial charge in [-0.2, -0.15) is 14.9 Å². The molecule has 1 amide bonds. The van der Waals surface area contributed by atoms with Crippen LogP contribution in [0.25, 0.3) is 27.5 Å². The van der Waals surface area contributed by atoms with E-state index in [1.54, 1.807) is 13.8 Å². The average molecular weight is 516 g/mol. The van der Waals surface area contributed by atoms with Gasteiger partial charge in [0, 0.05) is 17.3 Å². The zero-order chi connectivity index (χ0) is 27.7. The molecule has 0 aliphatic rings. The maximum absolute atomic E-state index is 12.9. The largest absolute Gasteiger partial charge is 0.517 e. The van der Waals surface area contributed by atoms with Crippen LogP contribution in [0.2, 0.25) is 0 Å². The molecule has 10 heteroatoms. The van der Waals surface area contributed by atoms with Gasteiger partial charge in [-0.25, -0.2) is 14.6 Å². The van der Waals surface area contributed by atoms with Crippen LogP contribution in [0.1, 0.15) is 46.6 Å². The lowest BCUT2D eigenvalue weighted by Gasteiger charge is -2.31. The molecule has 0 bridgehead atoms. The zero-order valence-corrected chi connectivity index (χ0v) is 22.2. The number of fused-ring (bicyclic) bond motifs is 2. The van der Waals surface area contributed by atoms with Crippen LogP contribution >= 0.6 is 0 Å². The molecule has 0 unspecified atom stereocenters. The lowest BCUT2D eigenvalue weighted by Crippen LogP contribution is -2.34. The van der Waals surface area contributed by atoms with Crippen molar-refractivity contribution in [3.63, 3.8) is 0 Å². The molecule has 10 nitrogen and oxygen atoms in total. The van der Waals surface area contributed by atoms with Crippen LogP contribution in [0, 0.1) is 16.7 Å². The Bertz CT molecular complexity index is 1580. The molecule has 0 spiro atoms. The standard InChI is InChI=1S/C28H29N5O5/c1-27(2,3)16-28(4,5)38-26(35)37-25(34)32-24-20(15-30-23-18(13-29)14-31-33(23)24)22-19-10-8-7-9-17(19)11-12-21(22)36-6/h7-12,14-15H,16H2,1-6H3,(H,32,34). The Morgan fingerprint density at radius 3 is 2.50 bits per heavy atom. The molecule has 0 fully saturated rings. The summed E-state index contributed by atoms with van der Waals surface area (Å²) in [4.78, 5) is 29.8. The normalized spacial score (nSPS) is 11.7. The number of hydrogen-bond donors (Lipinski definition) is 1. The van der Waals surface area contributed by atoms with Gasteiger partial charge in [-0.15, -0.1) is 0 Å². The molecule has 0 aliphatic heterocycles. The minimum Gasteiger partial charge on any atom is -0.496 e. The van der Waals surface area contributed by atoms with E-state index in [1.165, 1.54) is 24.0 Å². The van der Waals surface area contributed by atoms with E-state index in [9.17, 15) is 14.9 Å². The van der Waals surface area contributed by atoms with E-state index in [1.807, 2.05) is 63.2 Å². The summed E-state index contributed by atoms with van der Waals surface area (Å²) in [6.07, 6.45) is 1.19. The third-order valence-electron chi connectivity index (χ3n) is 5.74. The van der Waals surface area contributed by atoms with Gasteiger partial charge in [-0.3, -0.25) is 5.32 Å². The number of hydrogen-bond acceptors (Lipinski definition) is 8. The van der Waals surface area contributed by atoms with E-state index < -0.39 is 17.8 Å². The minimum atomic E-state index is -1.13. The summed E-state index contributed by atoms with van der Waals surface area (Å²) in [7, 11) is 1.54. The van der Waals surface area contributed by atoms with Gasteiger partial charge in [0.05, 0.1) is 13.3 Å². The molecule has 4 aromatic rings. The maximum atomic E-state index is 12.9. The van der Waals surface area contributed by atoms with Gasteiger partial charge in [0.15, 0.2) is 5.65 Å². The summed E-state index contributed by atoms with van der Waals surface area (Å²) in [5.74, 6) is 0.662. The highest BCUT2D eigenvalue weighted by Crippen LogP contribution is 2.40. The van der Waals surface area contributed by atoms with Crippen molar-refractivity contribution in [2.24, 2.45) is 5.41 Å². The number of nitrogens with one attached hydrogen (secondary N) is 1. The van der Waals surface area contributed by atoms with Gasteiger partial charge in [-0.05, 0) is 42.5 Å². The highest BCUT2D eigenvalue weighted by Gasteiger charge is 2.31. The first-order valence-corrected chi connectivity index (χ1v) is 12.0. The molecule has 0 aliphatic carbocycles. The number of nitrogens with zero attached hydrogens (tertiary/aromatic N) is 4. The van der Waals surface area contributed by atoms with E-state index >= 15 is 0 Å². The first kappa shape index (κ1) is 26.4. The number of aromatic nitrogens is 3. The second-order valence-corrected chi connectivity index (χ2v) is 10.7. The van der Waals surface area contributed by atoms with Crippen molar-refractivity contribution < 1.29 is 23.8 Å². The molecule has 0 saturated carbocycles. The number of anilines is 1. The fourth-order valence-electron chi connectivity index (χ4n) is 4.77. The van der Waals surface area contributed by atoms with Crippen molar-refractivity contribution in [3.05, 3.63) is 54.4 Å². The summed E-state index contributed by atoms with van der Waals surface area (Å²) in [6, 6.07) is 13.4. The Kier molecular flexibility index (Phi) is 6.96. The van der Waals surface area contributed by atoms with E-state index in [-0.39, 0.29) is 22.4 Å². The van der Waals surface area contributed by atoms with Crippen molar-refractivity contribution >= 4 is 34.5 Å². The van der Waals surface area contributed by atoms with Crippen LogP contribution < -0.4 is 10.1 Å². The number of carbonyl (C=O) groups excluding carboxylic acids is 2. The molecule has 0 atom stereocenters. The number of methoxy groups -OCH3 is 1. The molecule has 2 aromatic carbocycles. The predicted octanol–water partition coefficient (Wildman–Crippen LogP) is 6.33. The molecule has 196 valence electrons. The third kappa shape index (κ3) is 5.52. The van der Waals surface area contributed by atoms with Crippen molar-refractivity contribution in [3.8, 4) is 22.9 Å². The van der Waals surface area contributed by atoms with Crippen molar-refractivity contribution in [2.45, 2.75) is 46.6 Å². The lowest BCUT2D eigenvalue weighted by molar-refractivity contribution is -0.0200. The van der Waals surface area contributed by atoms with Crippen molar-refractivity contribution in [1.82, 2.24) is 14.6 Å². The monoisotopic (exact) mass is 515 g/mol. The van der Waals surface area contributed by atoms with Crippen LogP contribution in [0.3, 0.4) is 0 Å². The first-order chi connectivity index (χ1) is 17.9. The number of ether oxygens (including phenoxy) is 3. The average Bonchev–Trinajstić information content (AvgIpc) is 3.25. The molecular formula is C28H29N5O5. The fraction of sp³-hybridized carbons (Fsp3) is 0.321. The Hall–Kier alpha value is -4.65. The van der Waals surface area contributed by atoms with E-state index in [4.69, 9.17) is 14.2 Å². The number of benzene rings is 2. The number of rotatable bonds is 5. The molecule has 38 heavy (non-hydrogen) atoms. The predicted molar refractivity (Wildman–Crippen MR) is 142 cm³/mol. The Labute approximate surface area is 220 Å². The fourth-order valence-corrected chi connectivity index (χ4v) is 4.77. The van der Waals surface area contributed by atoms with Gasteiger partial charge in [-0.1, -0.05) is 51.1 Å². The Morgan fingerprint density at radius 2 is 1.82 bits per heavy atom. The first-order valence-electron chi connectivity index (χ1n) is 12.0. The topological polar surface area (TPSA) is 128 Å². The number of amides is 1. The zero-order valence-electron chi connectivity index (χ0n) is 22.2. The maximum Gasteiger partial charge on any atom is 0.517 e. The molecule has 0 radical (unpaired) electrons. The minimum absolute atomic E-state index is 0.111. The van der Waals surface area contributed by atoms with E-state index in [0.29, 0.717) is 23.3 Å². The van der Waals surface area contributed by atoms with Crippen molar-refractivity contribution in [1.29, 1.82) is 5.26 Å². The molecule has 2 heterocycles. The van der Waals surface area contributed by atoms with Crippen molar-refractivity contribution in [2.75, 3.05) is 12.4 Å². The lowest BCUT2D eigenvalue weighted by atomic mass is 9.84. The van der Waals surface area contributed by atoms with E-state index in [2.05, 4.69) is 15.4 Å².